The number of hydrogen-bond donors (Lipinski definition) is 0. The molecule has 0 bridgehead atoms. The number of methoxy groups -OCH3 is 1. The molecule has 0 amide bonds. The van der Waals surface area contributed by atoms with Gasteiger partial charge in [-0.1, -0.05) is 44.2 Å². The first-order chi connectivity index (χ1) is 16.7. The molecular formula is C25H24F3N3O4. The molecule has 10 heteroatoms. The molecule has 1 unspecified atom stereocenters. The van der Waals surface area contributed by atoms with Crippen LogP contribution in [0, 0.1) is 11.3 Å². The van der Waals surface area contributed by atoms with E-state index in [0.29, 0.717) is 22.3 Å². The highest BCUT2D eigenvalue weighted by Gasteiger charge is 2.43. The van der Waals surface area contributed by atoms with Crippen LogP contribution in [0.25, 0.3) is 21.9 Å². The quantitative estimate of drug-likeness (QED) is 0.348. The Morgan fingerprint density at radius 2 is 1.77 bits per heavy atom. The summed E-state index contributed by atoms with van der Waals surface area (Å²) in [5.74, 6) is -1.90. The van der Waals surface area contributed by atoms with Crippen molar-refractivity contribution < 1.29 is 27.4 Å². The molecule has 0 spiro atoms. The highest BCUT2D eigenvalue weighted by atomic mass is 19.4. The molecule has 0 saturated heterocycles. The van der Waals surface area contributed by atoms with Crippen molar-refractivity contribution in [1.82, 2.24) is 9.47 Å². The van der Waals surface area contributed by atoms with E-state index in [1.807, 2.05) is 6.07 Å². The molecule has 35 heavy (non-hydrogen) atoms. The van der Waals surface area contributed by atoms with E-state index in [9.17, 15) is 28.0 Å². The van der Waals surface area contributed by atoms with Crippen LogP contribution in [-0.2, 0) is 16.1 Å². The first kappa shape index (κ1) is 25.8. The smallest absolute Gasteiger partial charge is 0.490 e. The van der Waals surface area contributed by atoms with E-state index < -0.39 is 30.5 Å². The number of rotatable bonds is 8. The van der Waals surface area contributed by atoms with E-state index in [1.54, 1.807) is 56.3 Å². The number of alkyl halides is 3. The fourth-order valence-corrected chi connectivity index (χ4v) is 3.95. The number of hydrogen-bond acceptors (Lipinski definition) is 6. The zero-order valence-corrected chi connectivity index (χ0v) is 19.4. The van der Waals surface area contributed by atoms with E-state index in [2.05, 4.69) is 0 Å². The summed E-state index contributed by atoms with van der Waals surface area (Å²) in [6, 6.07) is 15.6. The summed E-state index contributed by atoms with van der Waals surface area (Å²) in [5, 5.41) is 10.8. The van der Waals surface area contributed by atoms with Crippen LogP contribution < -0.4 is 10.3 Å². The van der Waals surface area contributed by atoms with Crippen LogP contribution in [0.4, 0.5) is 13.2 Å². The minimum atomic E-state index is -5.20. The van der Waals surface area contributed by atoms with Crippen LogP contribution in [0.1, 0.15) is 19.5 Å². The lowest BCUT2D eigenvalue weighted by Gasteiger charge is -2.30. The number of ether oxygens (including phenoxy) is 2. The Labute approximate surface area is 199 Å². The predicted octanol–water partition coefficient (Wildman–Crippen LogP) is 4.32. The van der Waals surface area contributed by atoms with Gasteiger partial charge in [0.2, 0.25) is 0 Å². The maximum atomic E-state index is 13.5. The van der Waals surface area contributed by atoms with Gasteiger partial charge in [0.05, 0.1) is 13.7 Å². The SMILES string of the molecule is CCN(CC)C(Cn1c(C#N)c(-c2ccccc2)c2cc(OC)ccc2c1=O)OC(=O)C(F)(F)F. The van der Waals surface area contributed by atoms with Gasteiger partial charge in [0.15, 0.2) is 6.23 Å². The number of nitrogens with zero attached hydrogens (tertiary/aromatic N) is 3. The summed E-state index contributed by atoms with van der Waals surface area (Å²) in [6.45, 7) is 3.41. The molecule has 3 aromatic rings. The topological polar surface area (TPSA) is 84.6 Å². The molecule has 0 aliphatic carbocycles. The molecule has 0 aliphatic rings. The summed E-state index contributed by atoms with van der Waals surface area (Å²) >= 11 is 0. The Morgan fingerprint density at radius 1 is 1.11 bits per heavy atom. The molecular weight excluding hydrogens is 463 g/mol. The maximum absolute atomic E-state index is 13.5. The average molecular weight is 487 g/mol. The van der Waals surface area contributed by atoms with Crippen LogP contribution >= 0.6 is 0 Å². The normalized spacial score (nSPS) is 12.4. The van der Waals surface area contributed by atoms with Crippen LogP contribution in [0.2, 0.25) is 0 Å². The highest BCUT2D eigenvalue weighted by molar-refractivity contribution is 5.99. The van der Waals surface area contributed by atoms with Gasteiger partial charge in [-0.05, 0) is 36.9 Å². The number of carbonyl (C=O) groups excluding carboxylic acids is 1. The van der Waals surface area contributed by atoms with Crippen molar-refractivity contribution >= 4 is 16.7 Å². The van der Waals surface area contributed by atoms with E-state index in [4.69, 9.17) is 9.47 Å². The molecule has 184 valence electrons. The Bertz CT molecular complexity index is 1310. The Hall–Kier alpha value is -3.84. The van der Waals surface area contributed by atoms with E-state index in [1.165, 1.54) is 18.1 Å². The summed E-state index contributed by atoms with van der Waals surface area (Å²) < 4.78 is 50.1. The number of aromatic nitrogens is 1. The van der Waals surface area contributed by atoms with Crippen LogP contribution in [-0.4, -0.2) is 48.0 Å². The summed E-state index contributed by atoms with van der Waals surface area (Å²) in [6.07, 6.45) is -6.63. The fourth-order valence-electron chi connectivity index (χ4n) is 3.95. The number of fused-ring (bicyclic) bond motifs is 1. The third kappa shape index (κ3) is 5.30. The highest BCUT2D eigenvalue weighted by Crippen LogP contribution is 2.33. The second-order valence-electron chi connectivity index (χ2n) is 7.61. The summed E-state index contributed by atoms with van der Waals surface area (Å²) in [5.41, 5.74) is 0.381. The lowest BCUT2D eigenvalue weighted by molar-refractivity contribution is -0.213. The van der Waals surface area contributed by atoms with Crippen molar-refractivity contribution in [3.63, 3.8) is 0 Å². The number of halogens is 3. The Balaban J connectivity index is 2.29. The van der Waals surface area contributed by atoms with Gasteiger partial charge in [-0.25, -0.2) is 4.79 Å². The Morgan fingerprint density at radius 3 is 2.31 bits per heavy atom. The molecule has 1 aromatic heterocycles. The van der Waals surface area contributed by atoms with Gasteiger partial charge in [0, 0.05) is 16.3 Å². The molecule has 1 atom stereocenters. The molecule has 0 aliphatic heterocycles. The Kier molecular flexibility index (Phi) is 7.82. The minimum Gasteiger partial charge on any atom is -0.497 e. The molecule has 2 aromatic carbocycles. The van der Waals surface area contributed by atoms with Crippen molar-refractivity contribution in [2.45, 2.75) is 32.8 Å². The van der Waals surface area contributed by atoms with Gasteiger partial charge in [-0.3, -0.25) is 14.3 Å². The van der Waals surface area contributed by atoms with Crippen molar-refractivity contribution in [2.75, 3.05) is 20.2 Å². The summed E-state index contributed by atoms with van der Waals surface area (Å²) in [4.78, 5) is 26.6. The number of nitriles is 1. The number of benzene rings is 2. The first-order valence-electron chi connectivity index (χ1n) is 10.9. The van der Waals surface area contributed by atoms with Gasteiger partial charge in [0.1, 0.15) is 17.5 Å². The van der Waals surface area contributed by atoms with Crippen molar-refractivity contribution in [1.29, 1.82) is 5.26 Å². The number of esters is 1. The first-order valence-corrected chi connectivity index (χ1v) is 10.9. The van der Waals surface area contributed by atoms with Gasteiger partial charge < -0.3 is 9.47 Å². The number of carbonyl (C=O) groups is 1. The minimum absolute atomic E-state index is 0.0674. The van der Waals surface area contributed by atoms with Gasteiger partial charge in [-0.2, -0.15) is 18.4 Å². The molecule has 0 N–H and O–H groups in total. The third-order valence-electron chi connectivity index (χ3n) is 5.68. The largest absolute Gasteiger partial charge is 0.497 e. The predicted molar refractivity (Wildman–Crippen MR) is 124 cm³/mol. The number of pyridine rings is 1. The molecule has 0 radical (unpaired) electrons. The van der Waals surface area contributed by atoms with Crippen LogP contribution in [0.3, 0.4) is 0 Å². The molecule has 3 rings (SSSR count). The van der Waals surface area contributed by atoms with Gasteiger partial charge in [0.25, 0.3) is 5.56 Å². The van der Waals surface area contributed by atoms with E-state index >= 15 is 0 Å². The van der Waals surface area contributed by atoms with Crippen molar-refractivity contribution in [3.8, 4) is 22.9 Å². The summed E-state index contributed by atoms with van der Waals surface area (Å²) in [7, 11) is 1.47. The standard InChI is InChI=1S/C25H24F3N3O4/c1-4-30(5-2)21(35-24(33)25(26,27)28)15-31-20(14-29)22(16-9-7-6-8-10-16)19-13-17(34-3)11-12-18(19)23(31)32/h6-13,21H,4-5,15H2,1-3H3. The fraction of sp³-hybridized carbons (Fsp3) is 0.320. The van der Waals surface area contributed by atoms with Gasteiger partial charge >= 0.3 is 12.1 Å². The van der Waals surface area contributed by atoms with Crippen LogP contribution in [0.15, 0.2) is 53.3 Å². The van der Waals surface area contributed by atoms with Crippen molar-refractivity contribution in [3.05, 3.63) is 64.6 Å². The van der Waals surface area contributed by atoms with E-state index in [0.717, 1.165) is 4.57 Å². The average Bonchev–Trinajstić information content (AvgIpc) is 2.85. The van der Waals surface area contributed by atoms with Gasteiger partial charge in [-0.15, -0.1) is 0 Å². The molecule has 0 saturated carbocycles. The lowest BCUT2D eigenvalue weighted by atomic mass is 9.96. The monoisotopic (exact) mass is 487 g/mol. The zero-order chi connectivity index (χ0) is 25.8. The van der Waals surface area contributed by atoms with Crippen LogP contribution in [0.5, 0.6) is 5.75 Å². The molecule has 0 fully saturated rings. The third-order valence-corrected chi connectivity index (χ3v) is 5.68. The van der Waals surface area contributed by atoms with Crippen molar-refractivity contribution in [2.24, 2.45) is 0 Å². The maximum Gasteiger partial charge on any atom is 0.490 e. The van der Waals surface area contributed by atoms with E-state index in [-0.39, 0.29) is 24.2 Å². The lowest BCUT2D eigenvalue weighted by Crippen LogP contribution is -2.46. The second kappa shape index (κ2) is 10.6. The number of likely N-dealkylation sites (N-methyl/N-ethyl adjacent to an activating group) is 1. The second-order valence-corrected chi connectivity index (χ2v) is 7.61. The molecule has 7 nitrogen and oxygen atoms in total. The molecule has 1 heterocycles. The zero-order valence-electron chi connectivity index (χ0n) is 19.4.